The molecule has 17 heavy (non-hydrogen) atoms. The molecule has 1 rings (SSSR count). The zero-order valence-corrected chi connectivity index (χ0v) is 12.8. The fourth-order valence-corrected chi connectivity index (χ4v) is 2.73. The highest BCUT2D eigenvalue weighted by Crippen LogP contribution is 2.24. The highest BCUT2D eigenvalue weighted by atomic mass is 79.9. The van der Waals surface area contributed by atoms with Gasteiger partial charge in [-0.2, -0.15) is 0 Å². The van der Waals surface area contributed by atoms with E-state index in [0.29, 0.717) is 6.54 Å². The summed E-state index contributed by atoms with van der Waals surface area (Å²) in [6, 6.07) is 2.09. The Kier molecular flexibility index (Phi) is 5.16. The van der Waals surface area contributed by atoms with Gasteiger partial charge in [0.15, 0.2) is 0 Å². The van der Waals surface area contributed by atoms with Crippen LogP contribution in [0.15, 0.2) is 15.2 Å². The molecular formula is C12H18BrNO2S. The molecule has 1 N–H and O–H groups in total. The summed E-state index contributed by atoms with van der Waals surface area (Å²) in [7, 11) is 0. The molecule has 1 heterocycles. The van der Waals surface area contributed by atoms with E-state index in [9.17, 15) is 4.79 Å². The lowest BCUT2D eigenvalue weighted by molar-refractivity contribution is -0.137. The van der Waals surface area contributed by atoms with Gasteiger partial charge in [0.25, 0.3) is 0 Å². The number of hydrogen-bond acceptors (Lipinski definition) is 3. The lowest BCUT2D eigenvalue weighted by Crippen LogP contribution is -2.41. The molecule has 5 heteroatoms. The van der Waals surface area contributed by atoms with Gasteiger partial charge in [0.05, 0.1) is 10.2 Å². The topological polar surface area (TPSA) is 40.5 Å². The molecule has 0 aliphatic carbocycles. The molecule has 0 fully saturated rings. The van der Waals surface area contributed by atoms with Gasteiger partial charge in [-0.25, -0.2) is 0 Å². The third kappa shape index (κ3) is 5.19. The van der Waals surface area contributed by atoms with Gasteiger partial charge in [0, 0.05) is 18.6 Å². The first kappa shape index (κ1) is 14.7. The third-order valence-corrected chi connectivity index (χ3v) is 4.09. The third-order valence-electron chi connectivity index (χ3n) is 2.54. The van der Waals surface area contributed by atoms with E-state index >= 15 is 0 Å². The van der Waals surface area contributed by atoms with E-state index in [1.165, 1.54) is 5.56 Å². The quantitative estimate of drug-likeness (QED) is 0.901. The maximum absolute atomic E-state index is 10.7. The Morgan fingerprint density at radius 2 is 2.18 bits per heavy atom. The van der Waals surface area contributed by atoms with Crippen LogP contribution in [0.4, 0.5) is 0 Å². The Balaban J connectivity index is 2.67. The molecule has 3 nitrogen and oxygen atoms in total. The SMILES string of the molecule is CC(C)(C)N(CCC(=O)O)Cc1csc(Br)c1. The average Bonchev–Trinajstić information content (AvgIpc) is 2.56. The molecule has 0 saturated heterocycles. The number of carbonyl (C=O) groups is 1. The Morgan fingerprint density at radius 1 is 1.53 bits per heavy atom. The zero-order chi connectivity index (χ0) is 13.1. The minimum Gasteiger partial charge on any atom is -0.481 e. The normalized spacial score (nSPS) is 12.1. The van der Waals surface area contributed by atoms with Crippen molar-refractivity contribution in [1.29, 1.82) is 0 Å². The van der Waals surface area contributed by atoms with Crippen molar-refractivity contribution in [2.75, 3.05) is 6.54 Å². The van der Waals surface area contributed by atoms with Gasteiger partial charge < -0.3 is 5.11 Å². The van der Waals surface area contributed by atoms with Crippen molar-refractivity contribution >= 4 is 33.2 Å². The second-order valence-electron chi connectivity index (χ2n) is 5.00. The minimum atomic E-state index is -0.745. The molecule has 1 aromatic rings. The fourth-order valence-electron chi connectivity index (χ4n) is 1.53. The smallest absolute Gasteiger partial charge is 0.304 e. The maximum Gasteiger partial charge on any atom is 0.304 e. The van der Waals surface area contributed by atoms with Crippen LogP contribution < -0.4 is 0 Å². The molecule has 0 atom stereocenters. The molecule has 0 aliphatic heterocycles. The number of nitrogens with zero attached hydrogens (tertiary/aromatic N) is 1. The summed E-state index contributed by atoms with van der Waals surface area (Å²) < 4.78 is 1.11. The van der Waals surface area contributed by atoms with Crippen LogP contribution in [0.5, 0.6) is 0 Å². The van der Waals surface area contributed by atoms with Gasteiger partial charge >= 0.3 is 5.97 Å². The van der Waals surface area contributed by atoms with Crippen molar-refractivity contribution < 1.29 is 9.90 Å². The van der Waals surface area contributed by atoms with Crippen molar-refractivity contribution in [1.82, 2.24) is 4.90 Å². The van der Waals surface area contributed by atoms with Crippen molar-refractivity contribution in [2.45, 2.75) is 39.3 Å². The Labute approximate surface area is 115 Å². The van der Waals surface area contributed by atoms with E-state index in [4.69, 9.17) is 5.11 Å². The molecule has 96 valence electrons. The van der Waals surface area contributed by atoms with E-state index in [2.05, 4.69) is 53.0 Å². The molecule has 1 aromatic heterocycles. The average molecular weight is 320 g/mol. The lowest BCUT2D eigenvalue weighted by atomic mass is 10.0. The van der Waals surface area contributed by atoms with Crippen LogP contribution in [-0.2, 0) is 11.3 Å². The fraction of sp³-hybridized carbons (Fsp3) is 0.583. The molecule has 0 amide bonds. The van der Waals surface area contributed by atoms with Crippen molar-refractivity contribution in [3.63, 3.8) is 0 Å². The van der Waals surface area contributed by atoms with Crippen LogP contribution in [0, 0.1) is 0 Å². The number of aliphatic carboxylic acids is 1. The number of carboxylic acid groups (broad SMARTS) is 1. The number of hydrogen-bond donors (Lipinski definition) is 1. The number of thiophene rings is 1. The predicted molar refractivity (Wildman–Crippen MR) is 74.4 cm³/mol. The second-order valence-corrected chi connectivity index (χ2v) is 7.29. The molecule has 0 saturated carbocycles. The van der Waals surface area contributed by atoms with Crippen molar-refractivity contribution in [2.24, 2.45) is 0 Å². The summed E-state index contributed by atoms with van der Waals surface area (Å²) in [4.78, 5) is 12.8. The maximum atomic E-state index is 10.7. The van der Waals surface area contributed by atoms with Gasteiger partial charge in [-0.1, -0.05) is 0 Å². The highest BCUT2D eigenvalue weighted by Gasteiger charge is 2.22. The number of carboxylic acids is 1. The summed E-state index contributed by atoms with van der Waals surface area (Å²) in [5, 5.41) is 10.9. The van der Waals surface area contributed by atoms with E-state index in [0.717, 1.165) is 10.3 Å². The van der Waals surface area contributed by atoms with Gasteiger partial charge in [-0.15, -0.1) is 11.3 Å². The van der Waals surface area contributed by atoms with Gasteiger partial charge in [-0.3, -0.25) is 9.69 Å². The Hall–Kier alpha value is -0.390. The molecule has 0 radical (unpaired) electrons. The van der Waals surface area contributed by atoms with Crippen LogP contribution in [-0.4, -0.2) is 28.1 Å². The van der Waals surface area contributed by atoms with E-state index in [-0.39, 0.29) is 12.0 Å². The van der Waals surface area contributed by atoms with Crippen LogP contribution in [0.2, 0.25) is 0 Å². The zero-order valence-electron chi connectivity index (χ0n) is 10.4. The molecular weight excluding hydrogens is 302 g/mol. The highest BCUT2D eigenvalue weighted by molar-refractivity contribution is 9.11. The summed E-state index contributed by atoms with van der Waals surface area (Å²) in [6.07, 6.45) is 0.183. The summed E-state index contributed by atoms with van der Waals surface area (Å²) >= 11 is 5.10. The van der Waals surface area contributed by atoms with E-state index in [1.54, 1.807) is 11.3 Å². The summed E-state index contributed by atoms with van der Waals surface area (Å²) in [5.74, 6) is -0.745. The summed E-state index contributed by atoms with van der Waals surface area (Å²) in [6.45, 7) is 7.69. The number of halogens is 1. The largest absolute Gasteiger partial charge is 0.481 e. The predicted octanol–water partition coefficient (Wildman–Crippen LogP) is 3.59. The van der Waals surface area contributed by atoms with Crippen LogP contribution in [0.1, 0.15) is 32.8 Å². The Bertz CT molecular complexity index is 384. The molecule has 0 unspecified atom stereocenters. The Morgan fingerprint density at radius 3 is 2.59 bits per heavy atom. The molecule has 0 bridgehead atoms. The van der Waals surface area contributed by atoms with Crippen molar-refractivity contribution in [3.05, 3.63) is 20.8 Å². The molecule has 0 spiro atoms. The van der Waals surface area contributed by atoms with Gasteiger partial charge in [0.1, 0.15) is 0 Å². The van der Waals surface area contributed by atoms with Crippen molar-refractivity contribution in [3.8, 4) is 0 Å². The lowest BCUT2D eigenvalue weighted by Gasteiger charge is -2.35. The number of rotatable bonds is 5. The van der Waals surface area contributed by atoms with E-state index in [1.807, 2.05) is 0 Å². The minimum absolute atomic E-state index is 0.0239. The van der Waals surface area contributed by atoms with Crippen LogP contribution in [0.25, 0.3) is 0 Å². The van der Waals surface area contributed by atoms with Crippen LogP contribution >= 0.6 is 27.3 Å². The second kappa shape index (κ2) is 5.98. The van der Waals surface area contributed by atoms with Gasteiger partial charge in [0.2, 0.25) is 0 Å². The standard InChI is InChI=1S/C12H18BrNO2S/c1-12(2,3)14(5-4-11(15)16)7-9-6-10(13)17-8-9/h6,8H,4-5,7H2,1-3H3,(H,15,16). The first-order valence-corrected chi connectivity index (χ1v) is 7.16. The van der Waals surface area contributed by atoms with Crippen LogP contribution in [0.3, 0.4) is 0 Å². The first-order valence-electron chi connectivity index (χ1n) is 5.49. The monoisotopic (exact) mass is 319 g/mol. The van der Waals surface area contributed by atoms with E-state index < -0.39 is 5.97 Å². The first-order chi connectivity index (χ1) is 7.79. The van der Waals surface area contributed by atoms with Gasteiger partial charge in [-0.05, 0) is 53.7 Å². The summed E-state index contributed by atoms with van der Waals surface area (Å²) in [5.41, 5.74) is 1.20. The molecule has 0 aromatic carbocycles. The molecule has 0 aliphatic rings.